The molecule has 2 rings (SSSR count). The van der Waals surface area contributed by atoms with Gasteiger partial charge in [-0.2, -0.15) is 0 Å². The number of rotatable bonds is 1. The average Bonchev–Trinajstić information content (AvgIpc) is 2.47. The highest BCUT2D eigenvalue weighted by Gasteiger charge is 2.36. The zero-order valence-corrected chi connectivity index (χ0v) is 10.3. The first-order chi connectivity index (χ1) is 7.68. The van der Waals surface area contributed by atoms with Crippen molar-refractivity contribution in [2.45, 2.75) is 64.4 Å². The summed E-state index contributed by atoms with van der Waals surface area (Å²) in [7, 11) is 0. The van der Waals surface area contributed by atoms with Gasteiger partial charge in [-0.15, -0.1) is 0 Å². The van der Waals surface area contributed by atoms with Crippen molar-refractivity contribution >= 4 is 5.78 Å². The molecule has 0 amide bonds. The molecular formula is C14H24O2. The van der Waals surface area contributed by atoms with Crippen molar-refractivity contribution in [3.8, 4) is 0 Å². The van der Waals surface area contributed by atoms with E-state index in [1.807, 2.05) is 0 Å². The fourth-order valence-corrected chi connectivity index (χ4v) is 3.46. The third kappa shape index (κ3) is 2.65. The van der Waals surface area contributed by atoms with Gasteiger partial charge in [-0.1, -0.05) is 26.2 Å². The predicted molar refractivity (Wildman–Crippen MR) is 64.1 cm³/mol. The molecule has 0 aromatic carbocycles. The van der Waals surface area contributed by atoms with Crippen LogP contribution < -0.4 is 0 Å². The molecule has 0 aromatic rings. The Labute approximate surface area is 98.4 Å². The molecule has 16 heavy (non-hydrogen) atoms. The summed E-state index contributed by atoms with van der Waals surface area (Å²) in [6.45, 7) is 2.24. The lowest BCUT2D eigenvalue weighted by Gasteiger charge is -2.34. The van der Waals surface area contributed by atoms with Gasteiger partial charge in [0, 0.05) is 12.3 Å². The quantitative estimate of drug-likeness (QED) is 0.695. The van der Waals surface area contributed by atoms with Gasteiger partial charge in [0.1, 0.15) is 5.78 Å². The first kappa shape index (κ1) is 12.1. The van der Waals surface area contributed by atoms with Crippen LogP contribution in [0.15, 0.2) is 0 Å². The highest BCUT2D eigenvalue weighted by atomic mass is 16.3. The Balaban J connectivity index is 2.05. The summed E-state index contributed by atoms with van der Waals surface area (Å²) in [5.74, 6) is 1.51. The first-order valence-corrected chi connectivity index (χ1v) is 6.89. The highest BCUT2D eigenvalue weighted by molar-refractivity contribution is 5.82. The van der Waals surface area contributed by atoms with Gasteiger partial charge in [0.25, 0.3) is 0 Å². The van der Waals surface area contributed by atoms with E-state index in [-0.39, 0.29) is 17.9 Å². The number of carbonyl (C=O) groups excluding carboxylic acids is 1. The lowest BCUT2D eigenvalue weighted by molar-refractivity contribution is -0.129. The number of carbonyl (C=O) groups is 1. The third-order valence-corrected chi connectivity index (χ3v) is 4.50. The second kappa shape index (κ2) is 5.31. The lowest BCUT2D eigenvalue weighted by atomic mass is 9.71. The SMILES string of the molecule is CC1CCC(=O)C(C2CCCCCC2O)C1. The third-order valence-electron chi connectivity index (χ3n) is 4.50. The van der Waals surface area contributed by atoms with Crippen LogP contribution in [0.3, 0.4) is 0 Å². The molecule has 2 aliphatic rings. The largest absolute Gasteiger partial charge is 0.393 e. The van der Waals surface area contributed by atoms with Crippen LogP contribution in [0, 0.1) is 17.8 Å². The van der Waals surface area contributed by atoms with Crippen LogP contribution >= 0.6 is 0 Å². The standard InChI is InChI=1S/C14H24O2/c1-10-7-8-14(16)12(9-10)11-5-3-2-4-6-13(11)15/h10-13,15H,2-9H2,1H3. The van der Waals surface area contributed by atoms with Gasteiger partial charge in [-0.25, -0.2) is 0 Å². The van der Waals surface area contributed by atoms with Crippen molar-refractivity contribution < 1.29 is 9.90 Å². The van der Waals surface area contributed by atoms with Crippen molar-refractivity contribution in [2.24, 2.45) is 17.8 Å². The normalized spacial score (nSPS) is 41.8. The number of aliphatic hydroxyl groups excluding tert-OH is 1. The molecule has 0 aliphatic heterocycles. The Kier molecular flexibility index (Phi) is 4.01. The van der Waals surface area contributed by atoms with Crippen LogP contribution in [0.1, 0.15) is 58.3 Å². The van der Waals surface area contributed by atoms with Crippen molar-refractivity contribution in [1.82, 2.24) is 0 Å². The van der Waals surface area contributed by atoms with Gasteiger partial charge in [0.15, 0.2) is 0 Å². The summed E-state index contributed by atoms with van der Waals surface area (Å²) in [6, 6.07) is 0. The molecule has 0 spiro atoms. The van der Waals surface area contributed by atoms with Crippen molar-refractivity contribution in [3.63, 3.8) is 0 Å². The molecular weight excluding hydrogens is 200 g/mol. The summed E-state index contributed by atoms with van der Waals surface area (Å²) < 4.78 is 0. The molecule has 2 fully saturated rings. The molecule has 92 valence electrons. The Morgan fingerprint density at radius 2 is 1.88 bits per heavy atom. The Morgan fingerprint density at radius 1 is 1.12 bits per heavy atom. The van der Waals surface area contributed by atoms with Gasteiger partial charge >= 0.3 is 0 Å². The molecule has 2 saturated carbocycles. The van der Waals surface area contributed by atoms with E-state index in [0.717, 1.165) is 38.5 Å². The van der Waals surface area contributed by atoms with E-state index in [1.165, 1.54) is 12.8 Å². The van der Waals surface area contributed by atoms with E-state index < -0.39 is 0 Å². The average molecular weight is 224 g/mol. The minimum absolute atomic E-state index is 0.164. The van der Waals surface area contributed by atoms with Gasteiger partial charge in [-0.3, -0.25) is 4.79 Å². The predicted octanol–water partition coefficient (Wildman–Crippen LogP) is 2.93. The Morgan fingerprint density at radius 3 is 2.69 bits per heavy atom. The second-order valence-electron chi connectivity index (χ2n) is 5.82. The second-order valence-corrected chi connectivity index (χ2v) is 5.82. The minimum Gasteiger partial charge on any atom is -0.393 e. The van der Waals surface area contributed by atoms with Crippen LogP contribution in [0.4, 0.5) is 0 Å². The molecule has 2 aliphatic carbocycles. The number of ketones is 1. The van der Waals surface area contributed by atoms with Crippen LogP contribution in [-0.2, 0) is 4.79 Å². The van der Waals surface area contributed by atoms with Crippen LogP contribution in [0.25, 0.3) is 0 Å². The van der Waals surface area contributed by atoms with E-state index in [9.17, 15) is 9.90 Å². The fraction of sp³-hybridized carbons (Fsp3) is 0.929. The van der Waals surface area contributed by atoms with Gasteiger partial charge < -0.3 is 5.11 Å². The van der Waals surface area contributed by atoms with Gasteiger partial charge in [0.05, 0.1) is 6.10 Å². The fourth-order valence-electron chi connectivity index (χ4n) is 3.46. The maximum atomic E-state index is 12.0. The lowest BCUT2D eigenvalue weighted by Crippen LogP contribution is -2.36. The maximum absolute atomic E-state index is 12.0. The molecule has 2 nitrogen and oxygen atoms in total. The number of Topliss-reactive ketones (excluding diaryl/α,β-unsaturated/α-hetero) is 1. The minimum atomic E-state index is -0.221. The van der Waals surface area contributed by atoms with Crippen molar-refractivity contribution in [1.29, 1.82) is 0 Å². The molecule has 2 heteroatoms. The summed E-state index contributed by atoms with van der Waals surface area (Å²) in [5.41, 5.74) is 0. The summed E-state index contributed by atoms with van der Waals surface area (Å²) in [4.78, 5) is 12.0. The Hall–Kier alpha value is -0.370. The van der Waals surface area contributed by atoms with E-state index in [0.29, 0.717) is 11.7 Å². The number of aliphatic hydroxyl groups is 1. The Bertz CT molecular complexity index is 249. The van der Waals surface area contributed by atoms with E-state index in [4.69, 9.17) is 0 Å². The molecule has 0 heterocycles. The molecule has 0 saturated heterocycles. The van der Waals surface area contributed by atoms with Crippen LogP contribution in [-0.4, -0.2) is 17.0 Å². The first-order valence-electron chi connectivity index (χ1n) is 6.89. The molecule has 0 bridgehead atoms. The van der Waals surface area contributed by atoms with E-state index in [1.54, 1.807) is 0 Å². The number of hydrogen-bond acceptors (Lipinski definition) is 2. The smallest absolute Gasteiger partial charge is 0.136 e. The van der Waals surface area contributed by atoms with Gasteiger partial charge in [0.2, 0.25) is 0 Å². The molecule has 1 N–H and O–H groups in total. The molecule has 0 aromatic heterocycles. The summed E-state index contributed by atoms with van der Waals surface area (Å²) >= 11 is 0. The monoisotopic (exact) mass is 224 g/mol. The van der Waals surface area contributed by atoms with Crippen LogP contribution in [0.2, 0.25) is 0 Å². The zero-order valence-electron chi connectivity index (χ0n) is 10.3. The van der Waals surface area contributed by atoms with E-state index >= 15 is 0 Å². The van der Waals surface area contributed by atoms with Crippen molar-refractivity contribution in [3.05, 3.63) is 0 Å². The highest BCUT2D eigenvalue weighted by Crippen LogP contribution is 2.37. The zero-order chi connectivity index (χ0) is 11.5. The summed E-state index contributed by atoms with van der Waals surface area (Å²) in [5, 5.41) is 10.2. The van der Waals surface area contributed by atoms with E-state index in [2.05, 4.69) is 6.92 Å². The topological polar surface area (TPSA) is 37.3 Å². The molecule has 0 radical (unpaired) electrons. The maximum Gasteiger partial charge on any atom is 0.136 e. The molecule has 4 atom stereocenters. The number of hydrogen-bond donors (Lipinski definition) is 1. The summed E-state index contributed by atoms with van der Waals surface area (Å²) in [6.07, 6.45) is 8.11. The van der Waals surface area contributed by atoms with Gasteiger partial charge in [-0.05, 0) is 37.5 Å². The van der Waals surface area contributed by atoms with Crippen molar-refractivity contribution in [2.75, 3.05) is 0 Å². The van der Waals surface area contributed by atoms with Crippen LogP contribution in [0.5, 0.6) is 0 Å². The molecule has 4 unspecified atom stereocenters.